The third-order valence-corrected chi connectivity index (χ3v) is 11.8. The first-order chi connectivity index (χ1) is 26.8. The first-order valence-electron chi connectivity index (χ1n) is 19.2. The van der Waals surface area contributed by atoms with Gasteiger partial charge >= 0.3 is 5.69 Å². The number of morpholine rings is 1. The summed E-state index contributed by atoms with van der Waals surface area (Å²) in [5.74, 6) is 6.99. The van der Waals surface area contributed by atoms with Crippen molar-refractivity contribution in [3.8, 4) is 11.8 Å². The molecule has 7 heterocycles. The number of alkyl halides is 2. The van der Waals surface area contributed by atoms with Crippen molar-refractivity contribution in [2.45, 2.75) is 75.7 Å². The molecule has 5 aromatic rings. The molecule has 0 radical (unpaired) electrons. The number of hydrogen-bond acceptors (Lipinski definition) is 9. The van der Waals surface area contributed by atoms with Crippen molar-refractivity contribution in [2.75, 3.05) is 49.6 Å². The van der Waals surface area contributed by atoms with E-state index in [-0.39, 0.29) is 41.2 Å². The standard InChI is InChI=1S/C39H44F2N10O4/c1-47-35-25(4-2-6-31(35)44-39(47)53)5-3-17-54-28-11-14-48(15-12-28)20-24-7-9-26(10-8-24)51-22-32(34(46-51)36(40)41)43-38(52)30-19-42-50-16-13-33(45-37(30)50)49-21-29-18-27(49)23-55-29/h2,4,6,13,16,19,22,24,26-29,36H,7-12,14-15,17-18,20-21,23H2,1H3,(H,43,52)(H,44,53)/t24-,26-,27-,29-/m1/s1. The molecule has 4 aliphatic rings. The van der Waals surface area contributed by atoms with Crippen LogP contribution in [-0.4, -0.2) is 102 Å². The van der Waals surface area contributed by atoms with Crippen LogP contribution in [0.5, 0.6) is 0 Å². The maximum atomic E-state index is 14.2. The van der Waals surface area contributed by atoms with E-state index in [0.717, 1.165) is 93.5 Å². The van der Waals surface area contributed by atoms with Crippen molar-refractivity contribution < 1.29 is 23.0 Å². The summed E-state index contributed by atoms with van der Waals surface area (Å²) in [6.45, 7) is 4.66. The lowest BCUT2D eigenvalue weighted by molar-refractivity contribution is 0.0187. The Bertz CT molecular complexity index is 2320. The summed E-state index contributed by atoms with van der Waals surface area (Å²) in [7, 11) is 1.73. The van der Waals surface area contributed by atoms with E-state index in [1.54, 1.807) is 28.7 Å². The van der Waals surface area contributed by atoms with Gasteiger partial charge in [-0.15, -0.1) is 0 Å². The van der Waals surface area contributed by atoms with E-state index in [9.17, 15) is 18.4 Å². The van der Waals surface area contributed by atoms with E-state index in [1.807, 2.05) is 24.3 Å². The molecule has 0 spiro atoms. The molecule has 4 fully saturated rings. The summed E-state index contributed by atoms with van der Waals surface area (Å²) in [5, 5.41) is 11.3. The number of fused-ring (bicyclic) bond motifs is 4. The molecule has 288 valence electrons. The number of aromatic nitrogens is 7. The Kier molecular flexibility index (Phi) is 9.61. The zero-order chi connectivity index (χ0) is 37.6. The van der Waals surface area contributed by atoms with Crippen LogP contribution in [0.25, 0.3) is 16.7 Å². The fourth-order valence-electron chi connectivity index (χ4n) is 8.81. The number of piperidine rings is 1. The summed E-state index contributed by atoms with van der Waals surface area (Å²) in [4.78, 5) is 37.8. The number of nitrogens with zero attached hydrogens (tertiary/aromatic N) is 8. The number of nitrogens with one attached hydrogen (secondary N) is 2. The fraction of sp³-hybridized carbons (Fsp3) is 0.513. The predicted molar refractivity (Wildman–Crippen MR) is 200 cm³/mol. The fourth-order valence-corrected chi connectivity index (χ4v) is 8.81. The number of likely N-dealkylation sites (tertiary alicyclic amines) is 1. The molecule has 1 aromatic carbocycles. The number of H-pyrrole nitrogens is 1. The minimum atomic E-state index is -2.84. The lowest BCUT2D eigenvalue weighted by Crippen LogP contribution is -2.40. The van der Waals surface area contributed by atoms with Crippen molar-refractivity contribution in [1.29, 1.82) is 0 Å². The second-order valence-electron chi connectivity index (χ2n) is 15.3. The normalized spacial score (nSPS) is 23.2. The third-order valence-electron chi connectivity index (χ3n) is 11.8. The van der Waals surface area contributed by atoms with Crippen LogP contribution >= 0.6 is 0 Å². The highest BCUT2D eigenvalue weighted by molar-refractivity contribution is 6.08. The predicted octanol–water partition coefficient (Wildman–Crippen LogP) is 4.54. The number of carbonyl (C=O) groups excluding carboxylic acids is 1. The summed E-state index contributed by atoms with van der Waals surface area (Å²) in [6.07, 6.45) is 8.68. The molecule has 3 saturated heterocycles. The van der Waals surface area contributed by atoms with E-state index in [1.165, 1.54) is 10.7 Å². The van der Waals surface area contributed by atoms with Gasteiger partial charge in [-0.3, -0.25) is 14.0 Å². The van der Waals surface area contributed by atoms with E-state index < -0.39 is 18.0 Å². The Morgan fingerprint density at radius 1 is 1.13 bits per heavy atom. The number of hydrogen-bond donors (Lipinski definition) is 2. The second-order valence-corrected chi connectivity index (χ2v) is 15.3. The molecule has 2 atom stereocenters. The first-order valence-corrected chi connectivity index (χ1v) is 19.2. The lowest BCUT2D eigenvalue weighted by Gasteiger charge is -2.36. The van der Waals surface area contributed by atoms with Gasteiger partial charge in [0.15, 0.2) is 11.3 Å². The van der Waals surface area contributed by atoms with Crippen molar-refractivity contribution in [3.05, 3.63) is 70.2 Å². The van der Waals surface area contributed by atoms with Crippen LogP contribution in [0.2, 0.25) is 0 Å². The Balaban J connectivity index is 0.759. The van der Waals surface area contributed by atoms with Gasteiger partial charge in [-0.1, -0.05) is 17.9 Å². The molecule has 55 heavy (non-hydrogen) atoms. The van der Waals surface area contributed by atoms with E-state index in [4.69, 9.17) is 14.5 Å². The zero-order valence-electron chi connectivity index (χ0n) is 30.7. The summed E-state index contributed by atoms with van der Waals surface area (Å²) < 4.78 is 45.0. The van der Waals surface area contributed by atoms with Gasteiger partial charge in [0, 0.05) is 45.6 Å². The third kappa shape index (κ3) is 7.12. The minimum Gasteiger partial charge on any atom is -0.374 e. The van der Waals surface area contributed by atoms with E-state index in [0.29, 0.717) is 24.8 Å². The Morgan fingerprint density at radius 2 is 1.96 bits per heavy atom. The van der Waals surface area contributed by atoms with Crippen LogP contribution < -0.4 is 15.9 Å². The molecule has 4 aromatic heterocycles. The Hall–Kier alpha value is -5.11. The first kappa shape index (κ1) is 35.6. The molecule has 16 heteroatoms. The van der Waals surface area contributed by atoms with Crippen molar-refractivity contribution in [1.82, 2.24) is 38.8 Å². The topological polar surface area (TPSA) is 140 Å². The minimum absolute atomic E-state index is 0.00710. The van der Waals surface area contributed by atoms with Crippen molar-refractivity contribution >= 4 is 34.1 Å². The molecule has 2 N–H and O–H groups in total. The molecule has 9 rings (SSSR count). The average Bonchev–Trinajstić information content (AvgIpc) is 4.04. The van der Waals surface area contributed by atoms with Crippen LogP contribution in [-0.2, 0) is 16.5 Å². The molecular weight excluding hydrogens is 710 g/mol. The number of rotatable bonds is 9. The number of anilines is 2. The van der Waals surface area contributed by atoms with E-state index in [2.05, 4.69) is 42.1 Å². The van der Waals surface area contributed by atoms with Crippen molar-refractivity contribution in [3.63, 3.8) is 0 Å². The van der Waals surface area contributed by atoms with Crippen LogP contribution in [0, 0.1) is 17.8 Å². The molecule has 1 saturated carbocycles. The highest BCUT2D eigenvalue weighted by Gasteiger charge is 2.40. The molecular formula is C39H44F2N10O4. The maximum Gasteiger partial charge on any atom is 0.326 e. The smallest absolute Gasteiger partial charge is 0.326 e. The number of amides is 1. The lowest BCUT2D eigenvalue weighted by atomic mass is 9.85. The van der Waals surface area contributed by atoms with Gasteiger partial charge in [0.05, 0.1) is 59.4 Å². The van der Waals surface area contributed by atoms with E-state index >= 15 is 0 Å². The Morgan fingerprint density at radius 3 is 2.73 bits per heavy atom. The summed E-state index contributed by atoms with van der Waals surface area (Å²) in [5.41, 5.74) is 2.35. The van der Waals surface area contributed by atoms with Gasteiger partial charge in [-0.05, 0) is 69.1 Å². The van der Waals surface area contributed by atoms with Gasteiger partial charge in [-0.2, -0.15) is 10.2 Å². The van der Waals surface area contributed by atoms with Gasteiger partial charge < -0.3 is 29.6 Å². The van der Waals surface area contributed by atoms with Crippen molar-refractivity contribution in [2.24, 2.45) is 13.0 Å². The molecule has 0 unspecified atom stereocenters. The highest BCUT2D eigenvalue weighted by Crippen LogP contribution is 2.36. The number of para-hydroxylation sites is 1. The highest BCUT2D eigenvalue weighted by atomic mass is 19.3. The SMILES string of the molecule is Cn1c(=O)[nH]c2cccc(C#CCOC3CCN(C[C@H]4CC[C@H](n5cc(NC(=O)c6cnn7ccc(N8C[C@H]9C[C@@H]8CO9)nc67)c(C(F)F)n5)CC4)CC3)c21. The van der Waals surface area contributed by atoms with Crippen LogP contribution in [0.3, 0.4) is 0 Å². The molecule has 14 nitrogen and oxygen atoms in total. The van der Waals surface area contributed by atoms with Gasteiger partial charge in [0.1, 0.15) is 18.0 Å². The largest absolute Gasteiger partial charge is 0.374 e. The van der Waals surface area contributed by atoms with Gasteiger partial charge in [0.25, 0.3) is 12.3 Å². The molecule has 1 amide bonds. The number of halogens is 2. The number of carbonyl (C=O) groups is 1. The molecule has 2 bridgehead atoms. The molecule has 3 aliphatic heterocycles. The summed E-state index contributed by atoms with van der Waals surface area (Å²) >= 11 is 0. The van der Waals surface area contributed by atoms with Crippen LogP contribution in [0.15, 0.2) is 47.7 Å². The van der Waals surface area contributed by atoms with Gasteiger partial charge in [-0.25, -0.2) is 23.1 Å². The number of benzene rings is 1. The summed E-state index contributed by atoms with van der Waals surface area (Å²) in [6, 6.07) is 7.77. The number of aryl methyl sites for hydroxylation is 1. The Labute approximate surface area is 315 Å². The monoisotopic (exact) mass is 754 g/mol. The maximum absolute atomic E-state index is 14.2. The van der Waals surface area contributed by atoms with Gasteiger partial charge in [0.2, 0.25) is 0 Å². The number of ether oxygens (including phenoxy) is 2. The zero-order valence-corrected chi connectivity index (χ0v) is 30.7. The molecule has 1 aliphatic carbocycles. The number of aromatic amines is 1. The number of imidazole rings is 1. The van der Waals surface area contributed by atoms with Crippen LogP contribution in [0.1, 0.15) is 79.0 Å². The second kappa shape index (κ2) is 14.9. The van der Waals surface area contributed by atoms with Crippen LogP contribution in [0.4, 0.5) is 20.3 Å². The average molecular weight is 755 g/mol. The quantitative estimate of drug-likeness (QED) is 0.208.